The number of nitrogens with zero attached hydrogens (tertiary/aromatic N) is 2. The Morgan fingerprint density at radius 2 is 2.36 bits per heavy atom. The summed E-state index contributed by atoms with van der Waals surface area (Å²) in [6.07, 6.45) is 3.55. The average molecular weight is 196 g/mol. The van der Waals surface area contributed by atoms with Gasteiger partial charge in [-0.2, -0.15) is 5.10 Å². The fourth-order valence-corrected chi connectivity index (χ4v) is 0.945. The molecular weight excluding hydrogens is 180 g/mol. The minimum atomic E-state index is -0.815. The normalized spacial score (nSPS) is 11.4. The fourth-order valence-electron chi connectivity index (χ4n) is 0.945. The molecule has 0 aliphatic heterocycles. The van der Waals surface area contributed by atoms with E-state index < -0.39 is 5.54 Å². The van der Waals surface area contributed by atoms with Gasteiger partial charge in [-0.05, 0) is 19.9 Å². The van der Waals surface area contributed by atoms with Gasteiger partial charge >= 0.3 is 0 Å². The number of carbonyl (C=O) groups is 1. The molecule has 0 aliphatic carbocycles. The number of rotatable bonds is 4. The van der Waals surface area contributed by atoms with Crippen LogP contribution < -0.4 is 11.1 Å². The second-order valence-electron chi connectivity index (χ2n) is 3.75. The van der Waals surface area contributed by atoms with Crippen molar-refractivity contribution in [1.82, 2.24) is 15.1 Å². The van der Waals surface area contributed by atoms with Crippen molar-refractivity contribution in [2.45, 2.75) is 25.9 Å². The lowest BCUT2D eigenvalue weighted by Gasteiger charge is -2.17. The predicted octanol–water partition coefficient (Wildman–Crippen LogP) is -0.263. The van der Waals surface area contributed by atoms with Crippen molar-refractivity contribution in [2.75, 3.05) is 6.54 Å². The van der Waals surface area contributed by atoms with Crippen molar-refractivity contribution in [1.29, 1.82) is 0 Å². The first-order valence-corrected chi connectivity index (χ1v) is 4.55. The highest BCUT2D eigenvalue weighted by Crippen LogP contribution is 1.95. The summed E-state index contributed by atoms with van der Waals surface area (Å²) in [6.45, 7) is 4.56. The zero-order chi connectivity index (χ0) is 10.6. The monoisotopic (exact) mass is 196 g/mol. The number of nitrogens with one attached hydrogen (secondary N) is 1. The lowest BCUT2D eigenvalue weighted by atomic mass is 10.1. The minimum absolute atomic E-state index is 0.148. The number of nitrogens with two attached hydrogens (primary N) is 1. The third-order valence-electron chi connectivity index (χ3n) is 1.77. The van der Waals surface area contributed by atoms with E-state index in [2.05, 4.69) is 10.4 Å². The molecule has 0 saturated carbocycles. The Balaban J connectivity index is 2.26. The number of carbonyl (C=O) groups excluding carboxylic acids is 1. The van der Waals surface area contributed by atoms with Crippen molar-refractivity contribution in [3.8, 4) is 0 Å². The third kappa shape index (κ3) is 3.18. The van der Waals surface area contributed by atoms with Crippen molar-refractivity contribution >= 4 is 5.91 Å². The van der Waals surface area contributed by atoms with Crippen LogP contribution in [0.4, 0.5) is 0 Å². The van der Waals surface area contributed by atoms with Gasteiger partial charge in [-0.3, -0.25) is 9.48 Å². The van der Waals surface area contributed by atoms with E-state index in [1.165, 1.54) is 0 Å². The van der Waals surface area contributed by atoms with E-state index in [0.29, 0.717) is 13.1 Å². The van der Waals surface area contributed by atoms with E-state index in [1.807, 2.05) is 12.3 Å². The van der Waals surface area contributed by atoms with Crippen LogP contribution in [0.5, 0.6) is 0 Å². The molecule has 78 valence electrons. The molecule has 0 spiro atoms. The van der Waals surface area contributed by atoms with Crippen LogP contribution in [0.2, 0.25) is 0 Å². The van der Waals surface area contributed by atoms with Crippen LogP contribution in [0.3, 0.4) is 0 Å². The van der Waals surface area contributed by atoms with E-state index in [-0.39, 0.29) is 5.91 Å². The molecule has 0 radical (unpaired) electrons. The Morgan fingerprint density at radius 3 is 2.86 bits per heavy atom. The lowest BCUT2D eigenvalue weighted by Crippen LogP contribution is -2.49. The van der Waals surface area contributed by atoms with Crippen molar-refractivity contribution < 1.29 is 4.79 Å². The Morgan fingerprint density at radius 1 is 1.64 bits per heavy atom. The van der Waals surface area contributed by atoms with Crippen LogP contribution in [0.1, 0.15) is 13.8 Å². The smallest absolute Gasteiger partial charge is 0.239 e. The van der Waals surface area contributed by atoms with Crippen LogP contribution in [-0.4, -0.2) is 27.8 Å². The Labute approximate surface area is 83.3 Å². The molecular formula is C9H16N4O. The zero-order valence-corrected chi connectivity index (χ0v) is 8.53. The minimum Gasteiger partial charge on any atom is -0.353 e. The quantitative estimate of drug-likeness (QED) is 0.696. The summed E-state index contributed by atoms with van der Waals surface area (Å²) in [4.78, 5) is 11.3. The summed E-state index contributed by atoms with van der Waals surface area (Å²) in [5, 5.41) is 6.75. The molecule has 0 unspecified atom stereocenters. The zero-order valence-electron chi connectivity index (χ0n) is 8.53. The molecule has 1 rings (SSSR count). The molecule has 1 aromatic heterocycles. The second kappa shape index (κ2) is 4.23. The first-order valence-electron chi connectivity index (χ1n) is 4.55. The van der Waals surface area contributed by atoms with Gasteiger partial charge in [-0.25, -0.2) is 0 Å². The molecule has 0 saturated heterocycles. The number of aromatic nitrogens is 2. The van der Waals surface area contributed by atoms with Gasteiger partial charge in [-0.15, -0.1) is 0 Å². The molecule has 1 aromatic rings. The van der Waals surface area contributed by atoms with Gasteiger partial charge in [0.1, 0.15) is 0 Å². The summed E-state index contributed by atoms with van der Waals surface area (Å²) in [5.41, 5.74) is 4.79. The summed E-state index contributed by atoms with van der Waals surface area (Å²) in [6, 6.07) is 1.84. The van der Waals surface area contributed by atoms with Crippen LogP contribution in [0, 0.1) is 0 Å². The lowest BCUT2D eigenvalue weighted by molar-refractivity contribution is -0.125. The van der Waals surface area contributed by atoms with E-state index in [4.69, 9.17) is 5.73 Å². The molecule has 0 atom stereocenters. The van der Waals surface area contributed by atoms with Gasteiger partial charge in [0, 0.05) is 18.9 Å². The first kappa shape index (κ1) is 10.7. The van der Waals surface area contributed by atoms with Gasteiger partial charge < -0.3 is 11.1 Å². The second-order valence-corrected chi connectivity index (χ2v) is 3.75. The summed E-state index contributed by atoms with van der Waals surface area (Å²) >= 11 is 0. The fraction of sp³-hybridized carbons (Fsp3) is 0.556. The number of amides is 1. The van der Waals surface area contributed by atoms with Crippen molar-refractivity contribution in [3.63, 3.8) is 0 Å². The molecule has 14 heavy (non-hydrogen) atoms. The van der Waals surface area contributed by atoms with Gasteiger partial charge in [0.15, 0.2) is 0 Å². The van der Waals surface area contributed by atoms with E-state index in [1.54, 1.807) is 24.7 Å². The highest BCUT2D eigenvalue weighted by Gasteiger charge is 2.20. The van der Waals surface area contributed by atoms with Gasteiger partial charge in [0.05, 0.1) is 12.1 Å². The molecule has 3 N–H and O–H groups in total. The highest BCUT2D eigenvalue weighted by atomic mass is 16.2. The SMILES string of the molecule is CC(C)(N)C(=O)NCCn1cccn1. The molecule has 0 aromatic carbocycles. The Hall–Kier alpha value is -1.36. The standard InChI is InChI=1S/C9H16N4O/c1-9(2,10)8(14)11-5-7-13-6-3-4-12-13/h3-4,6H,5,7,10H2,1-2H3,(H,11,14). The molecule has 1 heterocycles. The average Bonchev–Trinajstić information content (AvgIpc) is 2.55. The maximum Gasteiger partial charge on any atom is 0.239 e. The van der Waals surface area contributed by atoms with E-state index in [0.717, 1.165) is 0 Å². The third-order valence-corrected chi connectivity index (χ3v) is 1.77. The maximum atomic E-state index is 11.3. The molecule has 0 fully saturated rings. The Kier molecular flexibility index (Phi) is 3.24. The molecule has 0 aliphatic rings. The largest absolute Gasteiger partial charge is 0.353 e. The number of hydrogen-bond acceptors (Lipinski definition) is 3. The maximum absolute atomic E-state index is 11.3. The van der Waals surface area contributed by atoms with Gasteiger partial charge in [0.2, 0.25) is 5.91 Å². The first-order chi connectivity index (χ1) is 6.50. The van der Waals surface area contributed by atoms with Gasteiger partial charge in [0.25, 0.3) is 0 Å². The van der Waals surface area contributed by atoms with E-state index >= 15 is 0 Å². The summed E-state index contributed by atoms with van der Waals surface area (Å²) in [5.74, 6) is -0.148. The predicted molar refractivity (Wildman–Crippen MR) is 53.5 cm³/mol. The van der Waals surface area contributed by atoms with Crippen LogP contribution in [0.25, 0.3) is 0 Å². The van der Waals surface area contributed by atoms with Gasteiger partial charge in [-0.1, -0.05) is 0 Å². The van der Waals surface area contributed by atoms with E-state index in [9.17, 15) is 4.79 Å². The number of hydrogen-bond donors (Lipinski definition) is 2. The molecule has 5 heteroatoms. The Bertz CT molecular complexity index is 286. The molecule has 0 bridgehead atoms. The molecule has 1 amide bonds. The van der Waals surface area contributed by atoms with Crippen LogP contribution >= 0.6 is 0 Å². The van der Waals surface area contributed by atoms with Crippen molar-refractivity contribution in [3.05, 3.63) is 18.5 Å². The van der Waals surface area contributed by atoms with Crippen molar-refractivity contribution in [2.24, 2.45) is 5.73 Å². The highest BCUT2D eigenvalue weighted by molar-refractivity contribution is 5.84. The summed E-state index contributed by atoms with van der Waals surface area (Å²) < 4.78 is 1.75. The summed E-state index contributed by atoms with van der Waals surface area (Å²) in [7, 11) is 0. The van der Waals surface area contributed by atoms with Crippen LogP contribution in [-0.2, 0) is 11.3 Å². The topological polar surface area (TPSA) is 72.9 Å². The van der Waals surface area contributed by atoms with Crippen LogP contribution in [0.15, 0.2) is 18.5 Å². The molecule has 5 nitrogen and oxygen atoms in total.